The molecule has 0 aliphatic heterocycles. The summed E-state index contributed by atoms with van der Waals surface area (Å²) in [6.45, 7) is 0.231. The molecule has 0 atom stereocenters. The second-order valence-electron chi connectivity index (χ2n) is 5.96. The number of nitrogens with one attached hydrogen (secondary N) is 2. The van der Waals surface area contributed by atoms with Crippen LogP contribution in [-0.4, -0.2) is 23.0 Å². The van der Waals surface area contributed by atoms with Gasteiger partial charge in [0.1, 0.15) is 0 Å². The van der Waals surface area contributed by atoms with E-state index in [9.17, 15) is 9.18 Å². The first-order valence-electron chi connectivity index (χ1n) is 8.12. The van der Waals surface area contributed by atoms with Gasteiger partial charge in [-0.05, 0) is 35.9 Å². The van der Waals surface area contributed by atoms with E-state index in [2.05, 4.69) is 15.3 Å². The molecule has 0 fully saturated rings. The fourth-order valence-electron chi connectivity index (χ4n) is 3.00. The molecule has 0 saturated carbocycles. The van der Waals surface area contributed by atoms with E-state index in [4.69, 9.17) is 4.74 Å². The third-order valence-corrected chi connectivity index (χ3v) is 4.33. The number of ether oxygens (including phenoxy) is 1. The van der Waals surface area contributed by atoms with Crippen molar-refractivity contribution >= 4 is 27.7 Å². The summed E-state index contributed by atoms with van der Waals surface area (Å²) in [6.07, 6.45) is 3.50. The molecule has 0 spiro atoms. The van der Waals surface area contributed by atoms with Gasteiger partial charge in [0.05, 0.1) is 18.8 Å². The van der Waals surface area contributed by atoms with Gasteiger partial charge in [-0.1, -0.05) is 12.1 Å². The predicted molar refractivity (Wildman–Crippen MR) is 97.7 cm³/mol. The summed E-state index contributed by atoms with van der Waals surface area (Å²) in [5.41, 5.74) is 2.99. The number of amides is 1. The Labute approximate surface area is 148 Å². The number of H-pyrrole nitrogens is 1. The van der Waals surface area contributed by atoms with Gasteiger partial charge in [0.25, 0.3) is 5.91 Å². The summed E-state index contributed by atoms with van der Waals surface area (Å²) in [5, 5.41) is 4.91. The maximum absolute atomic E-state index is 13.7. The SMILES string of the molecule is COc1ccc(CNC(=O)c2ccc3c(c2)[nH]c2cnccc23)cc1F. The Balaban J connectivity index is 1.54. The number of nitrogens with zero attached hydrogens (tertiary/aromatic N) is 1. The molecule has 4 aromatic rings. The van der Waals surface area contributed by atoms with E-state index in [1.54, 1.807) is 36.7 Å². The molecule has 0 unspecified atom stereocenters. The first kappa shape index (κ1) is 16.1. The highest BCUT2D eigenvalue weighted by Gasteiger charge is 2.10. The third kappa shape index (κ3) is 2.86. The quantitative estimate of drug-likeness (QED) is 0.589. The first-order valence-corrected chi connectivity index (χ1v) is 8.12. The molecule has 0 saturated heterocycles. The number of halogens is 1. The zero-order valence-electron chi connectivity index (χ0n) is 14.0. The molecule has 2 heterocycles. The van der Waals surface area contributed by atoms with Crippen LogP contribution in [-0.2, 0) is 6.54 Å². The van der Waals surface area contributed by atoms with Gasteiger partial charge in [-0.2, -0.15) is 0 Å². The van der Waals surface area contributed by atoms with Gasteiger partial charge in [0, 0.05) is 34.6 Å². The molecular weight excluding hydrogens is 333 g/mol. The normalized spacial score (nSPS) is 11.0. The lowest BCUT2D eigenvalue weighted by Crippen LogP contribution is -2.22. The van der Waals surface area contributed by atoms with Crippen LogP contribution >= 0.6 is 0 Å². The van der Waals surface area contributed by atoms with E-state index in [0.29, 0.717) is 11.1 Å². The maximum Gasteiger partial charge on any atom is 0.251 e. The molecule has 4 rings (SSSR count). The molecule has 0 aliphatic rings. The van der Waals surface area contributed by atoms with E-state index < -0.39 is 5.82 Å². The van der Waals surface area contributed by atoms with Crippen molar-refractivity contribution in [3.8, 4) is 5.75 Å². The number of hydrogen-bond acceptors (Lipinski definition) is 3. The van der Waals surface area contributed by atoms with Gasteiger partial charge < -0.3 is 15.0 Å². The van der Waals surface area contributed by atoms with E-state index in [1.165, 1.54) is 13.2 Å². The Morgan fingerprint density at radius 3 is 2.81 bits per heavy atom. The topological polar surface area (TPSA) is 67.0 Å². The number of aromatic amines is 1. The van der Waals surface area contributed by atoms with Crippen molar-refractivity contribution in [2.24, 2.45) is 0 Å². The fourth-order valence-corrected chi connectivity index (χ4v) is 3.00. The van der Waals surface area contributed by atoms with Crippen LogP contribution in [0.15, 0.2) is 54.9 Å². The molecule has 130 valence electrons. The zero-order valence-corrected chi connectivity index (χ0v) is 14.0. The summed E-state index contributed by atoms with van der Waals surface area (Å²) in [6, 6.07) is 12.0. The predicted octanol–water partition coefficient (Wildman–Crippen LogP) is 3.79. The number of pyridine rings is 1. The lowest BCUT2D eigenvalue weighted by atomic mass is 10.1. The van der Waals surface area contributed by atoms with Crippen molar-refractivity contribution in [3.05, 3.63) is 71.8 Å². The smallest absolute Gasteiger partial charge is 0.251 e. The number of benzene rings is 2. The summed E-state index contributed by atoms with van der Waals surface area (Å²) in [7, 11) is 1.41. The van der Waals surface area contributed by atoms with Crippen molar-refractivity contribution in [2.45, 2.75) is 6.54 Å². The highest BCUT2D eigenvalue weighted by atomic mass is 19.1. The maximum atomic E-state index is 13.7. The second-order valence-corrected chi connectivity index (χ2v) is 5.96. The fraction of sp³-hybridized carbons (Fsp3) is 0.100. The number of rotatable bonds is 4. The molecule has 0 aliphatic carbocycles. The highest BCUT2D eigenvalue weighted by molar-refractivity contribution is 6.09. The minimum atomic E-state index is -0.452. The van der Waals surface area contributed by atoms with Crippen LogP contribution < -0.4 is 10.1 Å². The monoisotopic (exact) mass is 349 g/mol. The molecule has 2 aromatic carbocycles. The van der Waals surface area contributed by atoms with E-state index >= 15 is 0 Å². The average Bonchev–Trinajstić information content (AvgIpc) is 3.04. The number of aromatic nitrogens is 2. The number of hydrogen-bond donors (Lipinski definition) is 2. The number of fused-ring (bicyclic) bond motifs is 3. The van der Waals surface area contributed by atoms with Crippen molar-refractivity contribution in [2.75, 3.05) is 7.11 Å². The van der Waals surface area contributed by atoms with Crippen LogP contribution in [0.4, 0.5) is 4.39 Å². The van der Waals surface area contributed by atoms with Crippen molar-refractivity contribution in [3.63, 3.8) is 0 Å². The van der Waals surface area contributed by atoms with Gasteiger partial charge in [0.15, 0.2) is 11.6 Å². The van der Waals surface area contributed by atoms with E-state index in [1.807, 2.05) is 12.1 Å². The third-order valence-electron chi connectivity index (χ3n) is 4.33. The summed E-state index contributed by atoms with van der Waals surface area (Å²) >= 11 is 0. The van der Waals surface area contributed by atoms with Gasteiger partial charge in [-0.25, -0.2) is 4.39 Å². The Hall–Kier alpha value is -3.41. The average molecular weight is 349 g/mol. The van der Waals surface area contributed by atoms with Crippen LogP contribution in [0.2, 0.25) is 0 Å². The van der Waals surface area contributed by atoms with Crippen LogP contribution in [0.1, 0.15) is 15.9 Å². The van der Waals surface area contributed by atoms with Gasteiger partial charge in [0.2, 0.25) is 0 Å². The number of carbonyl (C=O) groups is 1. The molecular formula is C20H16FN3O2. The molecule has 6 heteroatoms. The van der Waals surface area contributed by atoms with Gasteiger partial charge >= 0.3 is 0 Å². The molecule has 2 N–H and O–H groups in total. The molecule has 2 aromatic heterocycles. The molecule has 26 heavy (non-hydrogen) atoms. The molecule has 1 amide bonds. The summed E-state index contributed by atoms with van der Waals surface area (Å²) < 4.78 is 18.6. The van der Waals surface area contributed by atoms with Crippen LogP contribution in [0.3, 0.4) is 0 Å². The zero-order chi connectivity index (χ0) is 18.1. The van der Waals surface area contributed by atoms with E-state index in [0.717, 1.165) is 21.8 Å². The van der Waals surface area contributed by atoms with Crippen molar-refractivity contribution in [1.82, 2.24) is 15.3 Å². The number of methoxy groups -OCH3 is 1. The minimum absolute atomic E-state index is 0.179. The largest absolute Gasteiger partial charge is 0.494 e. The standard InChI is InChI=1S/C20H16FN3O2/c1-26-19-5-2-12(8-16(19)21)10-23-20(25)13-3-4-14-15-6-7-22-11-18(15)24-17(14)9-13/h2-9,11,24H,10H2,1H3,(H,23,25). The van der Waals surface area contributed by atoms with Gasteiger partial charge in [-0.15, -0.1) is 0 Å². The van der Waals surface area contributed by atoms with Crippen LogP contribution in [0.25, 0.3) is 21.8 Å². The van der Waals surface area contributed by atoms with Crippen molar-refractivity contribution in [1.29, 1.82) is 0 Å². The molecule has 0 bridgehead atoms. The molecule has 0 radical (unpaired) electrons. The Morgan fingerprint density at radius 1 is 1.15 bits per heavy atom. The Bertz CT molecular complexity index is 1120. The highest BCUT2D eigenvalue weighted by Crippen LogP contribution is 2.25. The van der Waals surface area contributed by atoms with E-state index in [-0.39, 0.29) is 18.2 Å². The first-order chi connectivity index (χ1) is 12.7. The summed E-state index contributed by atoms with van der Waals surface area (Å²) in [5.74, 6) is -0.494. The summed E-state index contributed by atoms with van der Waals surface area (Å²) in [4.78, 5) is 19.8. The minimum Gasteiger partial charge on any atom is -0.494 e. The molecule has 5 nitrogen and oxygen atoms in total. The van der Waals surface area contributed by atoms with Gasteiger partial charge in [-0.3, -0.25) is 9.78 Å². The van der Waals surface area contributed by atoms with Crippen molar-refractivity contribution < 1.29 is 13.9 Å². The Kier molecular flexibility index (Phi) is 4.01. The Morgan fingerprint density at radius 2 is 2.00 bits per heavy atom. The number of carbonyl (C=O) groups excluding carboxylic acids is 1. The van der Waals surface area contributed by atoms with Crippen LogP contribution in [0.5, 0.6) is 5.75 Å². The second kappa shape index (κ2) is 6.48. The van der Waals surface area contributed by atoms with Crippen LogP contribution in [0, 0.1) is 5.82 Å². The lowest BCUT2D eigenvalue weighted by molar-refractivity contribution is 0.0951. The lowest BCUT2D eigenvalue weighted by Gasteiger charge is -2.07.